The summed E-state index contributed by atoms with van der Waals surface area (Å²) in [5.41, 5.74) is 6.82. The van der Waals surface area contributed by atoms with Crippen LogP contribution in [0.4, 0.5) is 0 Å². The SMILES string of the molecule is CCOC(=O)c1ccc(C)c(S(=O)(=O)N2CCCC(C(C)N)C2)c1.Cl. The number of hydrogen-bond acceptors (Lipinski definition) is 5. The Morgan fingerprint density at radius 1 is 1.44 bits per heavy atom. The lowest BCUT2D eigenvalue weighted by Gasteiger charge is -2.34. The molecule has 0 saturated carbocycles. The molecule has 1 aromatic rings. The minimum absolute atomic E-state index is 0. The highest BCUT2D eigenvalue weighted by Crippen LogP contribution is 2.27. The van der Waals surface area contributed by atoms with Gasteiger partial charge < -0.3 is 10.5 Å². The van der Waals surface area contributed by atoms with Crippen LogP contribution < -0.4 is 5.73 Å². The van der Waals surface area contributed by atoms with Crippen molar-refractivity contribution in [1.82, 2.24) is 4.31 Å². The number of carbonyl (C=O) groups excluding carboxylic acids is 1. The highest BCUT2D eigenvalue weighted by molar-refractivity contribution is 7.89. The topological polar surface area (TPSA) is 89.7 Å². The van der Waals surface area contributed by atoms with E-state index < -0.39 is 16.0 Å². The Morgan fingerprint density at radius 2 is 2.12 bits per heavy atom. The fraction of sp³-hybridized carbons (Fsp3) is 0.588. The number of nitrogens with zero attached hydrogens (tertiary/aromatic N) is 1. The maximum absolute atomic E-state index is 13.0. The lowest BCUT2D eigenvalue weighted by atomic mass is 9.93. The standard InChI is InChI=1S/C17H26N2O4S.ClH/c1-4-23-17(20)14-8-7-12(2)16(10-14)24(21,22)19-9-5-6-15(11-19)13(3)18;/h7-8,10,13,15H,4-6,9,11,18H2,1-3H3;1H. The van der Waals surface area contributed by atoms with Gasteiger partial charge in [-0.15, -0.1) is 12.4 Å². The van der Waals surface area contributed by atoms with Crippen LogP contribution in [0, 0.1) is 12.8 Å². The quantitative estimate of drug-likeness (QED) is 0.779. The van der Waals surface area contributed by atoms with Crippen LogP contribution in [0.25, 0.3) is 0 Å². The molecule has 2 rings (SSSR count). The van der Waals surface area contributed by atoms with Crippen molar-refractivity contribution in [2.24, 2.45) is 11.7 Å². The summed E-state index contributed by atoms with van der Waals surface area (Å²) in [6.45, 7) is 6.50. The van der Waals surface area contributed by atoms with Crippen LogP contribution in [0.2, 0.25) is 0 Å². The third kappa shape index (κ3) is 4.94. The van der Waals surface area contributed by atoms with E-state index >= 15 is 0 Å². The molecule has 1 aliphatic rings. The number of hydrogen-bond donors (Lipinski definition) is 1. The highest BCUT2D eigenvalue weighted by atomic mass is 35.5. The molecular formula is C17H27ClN2O4S. The number of benzene rings is 1. The molecule has 1 saturated heterocycles. The van der Waals surface area contributed by atoms with Crippen LogP contribution in [-0.4, -0.2) is 44.4 Å². The highest BCUT2D eigenvalue weighted by Gasteiger charge is 2.32. The van der Waals surface area contributed by atoms with Crippen molar-refractivity contribution in [3.05, 3.63) is 29.3 Å². The zero-order valence-electron chi connectivity index (χ0n) is 14.9. The summed E-state index contributed by atoms with van der Waals surface area (Å²) >= 11 is 0. The number of carbonyl (C=O) groups is 1. The van der Waals surface area contributed by atoms with Gasteiger partial charge >= 0.3 is 5.97 Å². The average Bonchev–Trinajstić information content (AvgIpc) is 2.55. The minimum Gasteiger partial charge on any atom is -0.462 e. The number of ether oxygens (including phenoxy) is 1. The van der Waals surface area contributed by atoms with E-state index in [2.05, 4.69) is 0 Å². The zero-order chi connectivity index (χ0) is 17.9. The Hall–Kier alpha value is -1.15. The van der Waals surface area contributed by atoms with E-state index in [0.717, 1.165) is 12.8 Å². The number of nitrogens with two attached hydrogens (primary N) is 1. The summed E-state index contributed by atoms with van der Waals surface area (Å²) in [4.78, 5) is 12.1. The fourth-order valence-electron chi connectivity index (χ4n) is 2.98. The Bertz CT molecular complexity index is 707. The van der Waals surface area contributed by atoms with Gasteiger partial charge in [0.15, 0.2) is 0 Å². The number of aryl methyl sites for hydroxylation is 1. The summed E-state index contributed by atoms with van der Waals surface area (Å²) in [5, 5.41) is 0. The molecule has 1 heterocycles. The molecule has 142 valence electrons. The van der Waals surface area contributed by atoms with Gasteiger partial charge in [0.2, 0.25) is 10.0 Å². The summed E-state index contributed by atoms with van der Waals surface area (Å²) < 4.78 is 32.5. The molecule has 6 nitrogen and oxygen atoms in total. The molecule has 1 fully saturated rings. The van der Waals surface area contributed by atoms with Crippen LogP contribution in [0.1, 0.15) is 42.6 Å². The molecule has 0 bridgehead atoms. The second-order valence-electron chi connectivity index (χ2n) is 6.33. The van der Waals surface area contributed by atoms with E-state index in [1.165, 1.54) is 10.4 Å². The lowest BCUT2D eigenvalue weighted by Crippen LogP contribution is -2.45. The molecule has 0 spiro atoms. The van der Waals surface area contributed by atoms with Crippen LogP contribution in [0.3, 0.4) is 0 Å². The molecule has 0 radical (unpaired) electrons. The normalized spacial score (nSPS) is 19.8. The van der Waals surface area contributed by atoms with Crippen LogP contribution >= 0.6 is 12.4 Å². The van der Waals surface area contributed by atoms with Crippen LogP contribution in [0.5, 0.6) is 0 Å². The fourth-order valence-corrected chi connectivity index (χ4v) is 4.77. The molecule has 1 aliphatic heterocycles. The predicted molar refractivity (Wildman–Crippen MR) is 99.5 cm³/mol. The second-order valence-corrected chi connectivity index (χ2v) is 8.23. The molecule has 0 aliphatic carbocycles. The van der Waals surface area contributed by atoms with E-state index in [-0.39, 0.29) is 41.4 Å². The smallest absolute Gasteiger partial charge is 0.338 e. The van der Waals surface area contributed by atoms with Gasteiger partial charge in [-0.1, -0.05) is 6.07 Å². The average molecular weight is 391 g/mol. The molecule has 1 aromatic carbocycles. The van der Waals surface area contributed by atoms with Crippen molar-refractivity contribution in [3.63, 3.8) is 0 Å². The molecule has 2 unspecified atom stereocenters. The van der Waals surface area contributed by atoms with Crippen molar-refractivity contribution in [2.45, 2.75) is 44.6 Å². The van der Waals surface area contributed by atoms with Crippen molar-refractivity contribution in [2.75, 3.05) is 19.7 Å². The summed E-state index contributed by atoms with van der Waals surface area (Å²) in [6.07, 6.45) is 1.73. The summed E-state index contributed by atoms with van der Waals surface area (Å²) in [7, 11) is -3.66. The van der Waals surface area contributed by atoms with Gasteiger partial charge in [0, 0.05) is 19.1 Å². The first-order chi connectivity index (χ1) is 11.3. The summed E-state index contributed by atoms with van der Waals surface area (Å²) in [6, 6.07) is 4.60. The van der Waals surface area contributed by atoms with Gasteiger partial charge in [-0.2, -0.15) is 4.31 Å². The maximum Gasteiger partial charge on any atom is 0.338 e. The molecule has 2 N–H and O–H groups in total. The lowest BCUT2D eigenvalue weighted by molar-refractivity contribution is 0.0526. The number of halogens is 1. The van der Waals surface area contributed by atoms with Crippen molar-refractivity contribution in [3.8, 4) is 0 Å². The van der Waals surface area contributed by atoms with Crippen LogP contribution in [0.15, 0.2) is 23.1 Å². The number of piperidine rings is 1. The molecule has 2 atom stereocenters. The van der Waals surface area contributed by atoms with Crippen molar-refractivity contribution in [1.29, 1.82) is 0 Å². The Balaban J connectivity index is 0.00000312. The van der Waals surface area contributed by atoms with Gasteiger partial charge in [0.25, 0.3) is 0 Å². The van der Waals surface area contributed by atoms with E-state index in [0.29, 0.717) is 18.7 Å². The minimum atomic E-state index is -3.66. The van der Waals surface area contributed by atoms with Gasteiger partial charge in [0.1, 0.15) is 0 Å². The zero-order valence-corrected chi connectivity index (χ0v) is 16.5. The predicted octanol–water partition coefficient (Wildman–Crippen LogP) is 2.34. The molecule has 0 aromatic heterocycles. The van der Waals surface area contributed by atoms with Crippen molar-refractivity contribution < 1.29 is 17.9 Å². The first-order valence-electron chi connectivity index (χ1n) is 8.31. The first-order valence-corrected chi connectivity index (χ1v) is 9.75. The Morgan fingerprint density at radius 3 is 2.72 bits per heavy atom. The number of rotatable bonds is 5. The molecule has 25 heavy (non-hydrogen) atoms. The Labute approximate surface area is 156 Å². The van der Waals surface area contributed by atoms with Crippen LogP contribution in [-0.2, 0) is 14.8 Å². The van der Waals surface area contributed by atoms with Gasteiger partial charge in [-0.05, 0) is 57.2 Å². The van der Waals surface area contributed by atoms with E-state index in [1.54, 1.807) is 26.0 Å². The number of esters is 1. The van der Waals surface area contributed by atoms with E-state index in [1.807, 2.05) is 6.92 Å². The second kappa shape index (κ2) is 8.98. The molecule has 0 amide bonds. The first kappa shape index (κ1) is 21.9. The van der Waals surface area contributed by atoms with Gasteiger partial charge in [0.05, 0.1) is 17.1 Å². The van der Waals surface area contributed by atoms with Gasteiger partial charge in [-0.25, -0.2) is 13.2 Å². The third-order valence-corrected chi connectivity index (χ3v) is 6.49. The molecule has 8 heteroatoms. The maximum atomic E-state index is 13.0. The molecular weight excluding hydrogens is 364 g/mol. The van der Waals surface area contributed by atoms with Crippen molar-refractivity contribution >= 4 is 28.4 Å². The third-order valence-electron chi connectivity index (χ3n) is 4.48. The largest absolute Gasteiger partial charge is 0.462 e. The van der Waals surface area contributed by atoms with Gasteiger partial charge in [-0.3, -0.25) is 0 Å². The monoisotopic (exact) mass is 390 g/mol. The van der Waals surface area contributed by atoms with E-state index in [9.17, 15) is 13.2 Å². The number of sulfonamides is 1. The Kier molecular flexibility index (Phi) is 7.87. The van der Waals surface area contributed by atoms with E-state index in [4.69, 9.17) is 10.5 Å². The summed E-state index contributed by atoms with van der Waals surface area (Å²) in [5.74, 6) is -0.358.